The number of methoxy groups -OCH3 is 1. The number of hydrogen-bond acceptors (Lipinski definition) is 4. The number of rotatable bonds is 5. The summed E-state index contributed by atoms with van der Waals surface area (Å²) >= 11 is 0. The Morgan fingerprint density at radius 1 is 0.962 bits per heavy atom. The molecule has 134 valence electrons. The first-order valence-electron chi connectivity index (χ1n) is 8.62. The molecular formula is C21H22NO4+. The van der Waals surface area contributed by atoms with Gasteiger partial charge in [0.25, 0.3) is 0 Å². The lowest BCUT2D eigenvalue weighted by atomic mass is 10.1. The molecule has 3 aromatic carbocycles. The van der Waals surface area contributed by atoms with Crippen molar-refractivity contribution in [2.24, 2.45) is 0 Å². The van der Waals surface area contributed by atoms with E-state index in [0.717, 1.165) is 17.9 Å². The second-order valence-electron chi connectivity index (χ2n) is 6.69. The molecule has 0 saturated carbocycles. The van der Waals surface area contributed by atoms with Gasteiger partial charge in [-0.05, 0) is 35.0 Å². The molecule has 0 spiro atoms. The Hall–Kier alpha value is -2.92. The summed E-state index contributed by atoms with van der Waals surface area (Å²) in [6, 6.07) is 16.1. The maximum atomic E-state index is 10.2. The first-order valence-corrected chi connectivity index (χ1v) is 8.62. The summed E-state index contributed by atoms with van der Waals surface area (Å²) in [6.07, 6.45) is 0. The number of phenolic OH excluding ortho intramolecular Hbond substituents is 1. The van der Waals surface area contributed by atoms with E-state index in [-0.39, 0.29) is 12.5 Å². The van der Waals surface area contributed by atoms with E-state index in [1.54, 1.807) is 13.2 Å². The third kappa shape index (κ3) is 3.26. The molecule has 5 heteroatoms. The topological polar surface area (TPSA) is 52.4 Å². The quantitative estimate of drug-likeness (QED) is 0.741. The van der Waals surface area contributed by atoms with Gasteiger partial charge in [-0.3, -0.25) is 0 Å². The lowest BCUT2D eigenvalue weighted by molar-refractivity contribution is -0.907. The molecule has 0 saturated heterocycles. The fourth-order valence-corrected chi connectivity index (χ4v) is 3.36. The van der Waals surface area contributed by atoms with Crippen LogP contribution in [-0.4, -0.2) is 26.1 Å². The van der Waals surface area contributed by atoms with Gasteiger partial charge in [-0.2, -0.15) is 0 Å². The number of hydrogen-bond donors (Lipinski definition) is 2. The summed E-state index contributed by atoms with van der Waals surface area (Å²) in [6.45, 7) is 1.77. The Bertz CT molecular complexity index is 954. The van der Waals surface area contributed by atoms with Gasteiger partial charge in [-0.1, -0.05) is 18.2 Å². The average molecular weight is 352 g/mol. The van der Waals surface area contributed by atoms with Crippen LogP contribution in [0.1, 0.15) is 11.1 Å². The van der Waals surface area contributed by atoms with E-state index in [2.05, 4.69) is 31.3 Å². The molecule has 2 N–H and O–H groups in total. The van der Waals surface area contributed by atoms with E-state index in [1.165, 1.54) is 21.2 Å². The lowest BCUT2D eigenvalue weighted by Crippen LogP contribution is -3.06. The van der Waals surface area contributed by atoms with Crippen molar-refractivity contribution >= 4 is 10.8 Å². The number of ether oxygens (including phenoxy) is 3. The van der Waals surface area contributed by atoms with E-state index in [0.29, 0.717) is 18.0 Å². The largest absolute Gasteiger partial charge is 0.507 e. The lowest BCUT2D eigenvalue weighted by Gasteiger charge is -2.16. The van der Waals surface area contributed by atoms with E-state index < -0.39 is 0 Å². The second kappa shape index (κ2) is 6.77. The Morgan fingerprint density at radius 3 is 2.50 bits per heavy atom. The summed E-state index contributed by atoms with van der Waals surface area (Å²) in [5, 5.41) is 12.6. The molecule has 0 bridgehead atoms. The Kier molecular flexibility index (Phi) is 4.31. The SMILES string of the molecule is COc1ccc2cc(C[NH+](C)Cc3cc4c(cc3O)OCO4)ccc2c1. The number of quaternary nitrogens is 1. The van der Waals surface area contributed by atoms with Crippen LogP contribution in [0, 0.1) is 0 Å². The molecule has 3 aromatic rings. The van der Waals surface area contributed by atoms with Crippen LogP contribution in [0.4, 0.5) is 0 Å². The molecule has 1 aliphatic rings. The van der Waals surface area contributed by atoms with E-state index in [4.69, 9.17) is 14.2 Å². The van der Waals surface area contributed by atoms with Crippen LogP contribution in [0.15, 0.2) is 48.5 Å². The van der Waals surface area contributed by atoms with Crippen LogP contribution in [0.25, 0.3) is 10.8 Å². The van der Waals surface area contributed by atoms with Crippen LogP contribution in [0.3, 0.4) is 0 Å². The first-order chi connectivity index (χ1) is 12.6. The van der Waals surface area contributed by atoms with Crippen molar-refractivity contribution in [2.45, 2.75) is 13.1 Å². The highest BCUT2D eigenvalue weighted by Crippen LogP contribution is 2.37. The Morgan fingerprint density at radius 2 is 1.69 bits per heavy atom. The first kappa shape index (κ1) is 16.5. The Balaban J connectivity index is 1.49. The molecule has 1 atom stereocenters. The van der Waals surface area contributed by atoms with Gasteiger partial charge >= 0.3 is 0 Å². The summed E-state index contributed by atoms with van der Waals surface area (Å²) in [4.78, 5) is 1.27. The maximum absolute atomic E-state index is 10.2. The normalized spacial score (nSPS) is 13.8. The van der Waals surface area contributed by atoms with E-state index in [9.17, 15) is 5.11 Å². The number of phenols is 1. The third-order valence-corrected chi connectivity index (χ3v) is 4.68. The van der Waals surface area contributed by atoms with Gasteiger partial charge in [0, 0.05) is 11.6 Å². The highest BCUT2D eigenvalue weighted by Gasteiger charge is 2.19. The monoisotopic (exact) mass is 352 g/mol. The summed E-state index contributed by atoms with van der Waals surface area (Å²) in [5.74, 6) is 2.42. The predicted molar refractivity (Wildman–Crippen MR) is 99.0 cm³/mol. The van der Waals surface area contributed by atoms with E-state index >= 15 is 0 Å². The van der Waals surface area contributed by atoms with Gasteiger partial charge < -0.3 is 24.2 Å². The van der Waals surface area contributed by atoms with Gasteiger partial charge in [0.1, 0.15) is 24.6 Å². The molecule has 26 heavy (non-hydrogen) atoms. The van der Waals surface area contributed by atoms with Gasteiger partial charge in [0.15, 0.2) is 11.5 Å². The Labute approximate surface area is 152 Å². The number of nitrogens with one attached hydrogen (secondary N) is 1. The minimum atomic E-state index is 0.211. The fraction of sp³-hybridized carbons (Fsp3) is 0.238. The molecular weight excluding hydrogens is 330 g/mol. The third-order valence-electron chi connectivity index (χ3n) is 4.68. The molecule has 5 nitrogen and oxygen atoms in total. The van der Waals surface area contributed by atoms with Crippen LogP contribution < -0.4 is 19.1 Å². The zero-order valence-corrected chi connectivity index (χ0v) is 14.9. The van der Waals surface area contributed by atoms with Gasteiger partial charge in [-0.15, -0.1) is 0 Å². The zero-order chi connectivity index (χ0) is 18.1. The van der Waals surface area contributed by atoms with Crippen molar-refractivity contribution in [3.8, 4) is 23.0 Å². The molecule has 0 radical (unpaired) electrons. The molecule has 1 aliphatic heterocycles. The summed E-state index contributed by atoms with van der Waals surface area (Å²) in [7, 11) is 3.79. The zero-order valence-electron chi connectivity index (χ0n) is 14.9. The molecule has 0 aliphatic carbocycles. The standard InChI is InChI=1S/C21H21NO4/c1-22(12-17-9-20-21(10-19(17)23)26-13-25-20)11-14-3-4-16-8-18(24-2)6-5-15(16)7-14/h3-10,23H,11-13H2,1-2H3/p+1. The molecule has 0 amide bonds. The number of benzene rings is 3. The van der Waals surface area contributed by atoms with Crippen LogP contribution >= 0.6 is 0 Å². The van der Waals surface area contributed by atoms with Gasteiger partial charge in [-0.25, -0.2) is 0 Å². The maximum Gasteiger partial charge on any atom is 0.231 e. The molecule has 4 rings (SSSR count). The molecule has 1 heterocycles. The van der Waals surface area contributed by atoms with E-state index in [1.807, 2.05) is 18.2 Å². The van der Waals surface area contributed by atoms with Crippen molar-refractivity contribution < 1.29 is 24.2 Å². The minimum absolute atomic E-state index is 0.211. The van der Waals surface area contributed by atoms with Crippen LogP contribution in [0.5, 0.6) is 23.0 Å². The van der Waals surface area contributed by atoms with Crippen LogP contribution in [0.2, 0.25) is 0 Å². The van der Waals surface area contributed by atoms with Gasteiger partial charge in [0.2, 0.25) is 6.79 Å². The van der Waals surface area contributed by atoms with Crippen molar-refractivity contribution in [2.75, 3.05) is 21.0 Å². The predicted octanol–water partition coefficient (Wildman–Crippen LogP) is 2.50. The van der Waals surface area contributed by atoms with Gasteiger partial charge in [0.05, 0.1) is 19.7 Å². The minimum Gasteiger partial charge on any atom is -0.507 e. The van der Waals surface area contributed by atoms with Crippen molar-refractivity contribution in [1.82, 2.24) is 0 Å². The second-order valence-corrected chi connectivity index (χ2v) is 6.69. The summed E-state index contributed by atoms with van der Waals surface area (Å²) < 4.78 is 16.0. The smallest absolute Gasteiger partial charge is 0.231 e. The van der Waals surface area contributed by atoms with Crippen molar-refractivity contribution in [3.05, 3.63) is 59.7 Å². The molecule has 1 unspecified atom stereocenters. The number of fused-ring (bicyclic) bond motifs is 2. The van der Waals surface area contributed by atoms with Crippen LogP contribution in [-0.2, 0) is 13.1 Å². The highest BCUT2D eigenvalue weighted by atomic mass is 16.7. The number of aromatic hydroxyl groups is 1. The van der Waals surface area contributed by atoms with Crippen molar-refractivity contribution in [1.29, 1.82) is 0 Å². The molecule has 0 aromatic heterocycles. The fourth-order valence-electron chi connectivity index (χ4n) is 3.36. The van der Waals surface area contributed by atoms with Crippen molar-refractivity contribution in [3.63, 3.8) is 0 Å². The average Bonchev–Trinajstić information content (AvgIpc) is 3.08. The highest BCUT2D eigenvalue weighted by molar-refractivity contribution is 5.84. The summed E-state index contributed by atoms with van der Waals surface area (Å²) in [5.41, 5.74) is 2.11. The molecule has 0 fully saturated rings.